The van der Waals surface area contributed by atoms with Gasteiger partial charge in [-0.1, -0.05) is 16.8 Å². The fraction of sp³-hybridized carbons (Fsp3) is 0.238. The Bertz CT molecular complexity index is 1230. The van der Waals surface area contributed by atoms with Crippen molar-refractivity contribution in [1.29, 1.82) is 0 Å². The molecule has 11 heteroatoms. The van der Waals surface area contributed by atoms with Gasteiger partial charge in [0.05, 0.1) is 23.4 Å². The molecule has 4 aromatic rings. The molecule has 0 saturated heterocycles. The molecule has 1 fully saturated rings. The molecule has 2 N–H and O–H groups in total. The van der Waals surface area contributed by atoms with Crippen LogP contribution < -0.4 is 10.1 Å². The summed E-state index contributed by atoms with van der Waals surface area (Å²) in [5.74, 6) is 0.827. The van der Waals surface area contributed by atoms with Crippen molar-refractivity contribution < 1.29 is 23.0 Å². The second-order valence-corrected chi connectivity index (χ2v) is 7.60. The number of pyridine rings is 1. The first-order chi connectivity index (χ1) is 15.4. The molecule has 1 unspecified atom stereocenters. The van der Waals surface area contributed by atoms with Crippen LogP contribution in [0.5, 0.6) is 0 Å². The van der Waals surface area contributed by atoms with E-state index in [2.05, 4.69) is 25.2 Å². The molecule has 0 amide bonds. The van der Waals surface area contributed by atoms with Gasteiger partial charge in [0.1, 0.15) is 6.33 Å². The van der Waals surface area contributed by atoms with E-state index in [0.717, 1.165) is 36.1 Å². The van der Waals surface area contributed by atoms with Crippen molar-refractivity contribution in [2.45, 2.75) is 31.2 Å². The number of hydrogen-bond acceptors (Lipinski definition) is 5. The number of aliphatic hydroxyl groups is 1. The molecule has 32 heavy (non-hydrogen) atoms. The smallest absolute Gasteiger partial charge is 0.378 e. The van der Waals surface area contributed by atoms with Crippen LogP contribution in [0.3, 0.4) is 0 Å². The highest BCUT2D eigenvalue weighted by molar-refractivity contribution is 5.62. The summed E-state index contributed by atoms with van der Waals surface area (Å²) in [7, 11) is 0. The molecule has 0 bridgehead atoms. The van der Waals surface area contributed by atoms with Crippen molar-refractivity contribution in [2.75, 3.05) is 5.43 Å². The number of nitrogens with one attached hydrogen (secondary N) is 1. The molecule has 3 aromatic heterocycles. The van der Waals surface area contributed by atoms with Gasteiger partial charge in [0.25, 0.3) is 0 Å². The number of imidazole rings is 1. The van der Waals surface area contributed by atoms with Gasteiger partial charge in [-0.2, -0.15) is 18.6 Å². The van der Waals surface area contributed by atoms with E-state index < -0.39 is 18.0 Å². The quantitative estimate of drug-likeness (QED) is 0.448. The molecule has 5 rings (SSSR count). The Morgan fingerprint density at radius 1 is 1.12 bits per heavy atom. The van der Waals surface area contributed by atoms with Crippen LogP contribution in [0.25, 0.3) is 17.1 Å². The minimum atomic E-state index is -4.76. The third-order valence-corrected chi connectivity index (χ3v) is 5.20. The van der Waals surface area contributed by atoms with Gasteiger partial charge in [-0.05, 0) is 25.0 Å². The summed E-state index contributed by atoms with van der Waals surface area (Å²) in [6.45, 7) is 0. The molecule has 164 valence electrons. The summed E-state index contributed by atoms with van der Waals surface area (Å²) in [4.78, 5) is 3.66. The van der Waals surface area contributed by atoms with Gasteiger partial charge in [0.15, 0.2) is 11.9 Å². The van der Waals surface area contributed by atoms with Crippen molar-refractivity contribution in [3.05, 3.63) is 73.3 Å². The van der Waals surface area contributed by atoms with Crippen LogP contribution in [0.15, 0.2) is 67.6 Å². The third kappa shape index (κ3) is 4.06. The molecule has 1 aliphatic rings. The average Bonchev–Trinajstić information content (AvgIpc) is 3.30. The van der Waals surface area contributed by atoms with E-state index in [4.69, 9.17) is 0 Å². The van der Waals surface area contributed by atoms with Crippen molar-refractivity contribution in [1.82, 2.24) is 24.3 Å². The maximum Gasteiger partial charge on any atom is 0.420 e. The van der Waals surface area contributed by atoms with Crippen LogP contribution in [0, 0.1) is 0 Å². The van der Waals surface area contributed by atoms with Gasteiger partial charge in [0, 0.05) is 29.9 Å². The van der Waals surface area contributed by atoms with E-state index in [9.17, 15) is 18.3 Å². The average molecular weight is 442 g/mol. The fourth-order valence-electron chi connectivity index (χ4n) is 3.40. The summed E-state index contributed by atoms with van der Waals surface area (Å²) < 4.78 is 43.2. The first-order valence-corrected chi connectivity index (χ1v) is 9.96. The van der Waals surface area contributed by atoms with Gasteiger partial charge in [-0.25, -0.2) is 4.98 Å². The number of aromatic nitrogens is 6. The predicted molar refractivity (Wildman–Crippen MR) is 108 cm³/mol. The van der Waals surface area contributed by atoms with Gasteiger partial charge in [-0.3, -0.25) is 0 Å². The molecule has 0 spiro atoms. The van der Waals surface area contributed by atoms with Gasteiger partial charge in [0.2, 0.25) is 12.4 Å². The van der Waals surface area contributed by atoms with Crippen molar-refractivity contribution in [2.24, 2.45) is 0 Å². The van der Waals surface area contributed by atoms with Crippen LogP contribution >= 0.6 is 0 Å². The number of nitrogens with zero attached hydrogens (tertiary/aromatic N) is 6. The highest BCUT2D eigenvalue weighted by Crippen LogP contribution is 2.37. The zero-order valence-corrected chi connectivity index (χ0v) is 16.7. The molecule has 1 aromatic carbocycles. The summed E-state index contributed by atoms with van der Waals surface area (Å²) in [6.07, 6.45) is 2.51. The van der Waals surface area contributed by atoms with Crippen molar-refractivity contribution in [3.8, 4) is 17.1 Å². The Hall–Kier alpha value is -3.73. The van der Waals surface area contributed by atoms with E-state index >= 15 is 0 Å². The minimum absolute atomic E-state index is 0.455. The zero-order chi connectivity index (χ0) is 22.3. The van der Waals surface area contributed by atoms with Crippen LogP contribution in [0.1, 0.15) is 30.7 Å². The number of anilines is 1. The predicted octanol–water partition coefficient (Wildman–Crippen LogP) is 3.22. The van der Waals surface area contributed by atoms with E-state index in [1.807, 2.05) is 24.3 Å². The monoisotopic (exact) mass is 442 g/mol. The number of benzene rings is 1. The normalized spacial score (nSPS) is 15.0. The number of rotatable bonds is 6. The lowest BCUT2D eigenvalue weighted by molar-refractivity contribution is -0.642. The van der Waals surface area contributed by atoms with Crippen LogP contribution in [0.4, 0.5) is 18.9 Å². The van der Waals surface area contributed by atoms with Crippen LogP contribution in [-0.2, 0) is 0 Å². The highest BCUT2D eigenvalue weighted by atomic mass is 19.4. The second-order valence-electron chi connectivity index (χ2n) is 7.60. The first-order valence-electron chi connectivity index (χ1n) is 9.96. The van der Waals surface area contributed by atoms with E-state index in [0.29, 0.717) is 11.7 Å². The summed E-state index contributed by atoms with van der Waals surface area (Å²) in [5, 5.41) is 17.6. The number of hydrogen-bond donors (Lipinski definition) is 2. The molecule has 1 atom stereocenters. The third-order valence-electron chi connectivity index (χ3n) is 5.20. The summed E-state index contributed by atoms with van der Waals surface area (Å²) >= 11 is 0. The fourth-order valence-corrected chi connectivity index (χ4v) is 3.40. The number of aliphatic hydroxyl groups excluding tert-OH is 1. The molecule has 1 saturated carbocycles. The molecular weight excluding hydrogens is 423 g/mol. The summed E-state index contributed by atoms with van der Waals surface area (Å²) in [6, 6.07) is 11.7. The van der Waals surface area contributed by atoms with Crippen LogP contribution in [-0.4, -0.2) is 35.6 Å². The molecule has 8 nitrogen and oxygen atoms in total. The standard InChI is InChI=1S/C21H19F3N7O/c22-21(23,24)19(32)18-11-29(12-25-18)16-6-8-30(9-7-16)28-15-3-1-2-14(10-15)20-27-26-13-31(20)17-4-5-17/h1-3,6-13,17,19,28,32H,4-5H2/q+1. The maximum absolute atomic E-state index is 12.7. The van der Waals surface area contributed by atoms with E-state index in [1.54, 1.807) is 35.5 Å². The largest absolute Gasteiger partial charge is 0.420 e. The van der Waals surface area contributed by atoms with E-state index in [1.165, 1.54) is 10.9 Å². The Labute approximate surface area is 180 Å². The Morgan fingerprint density at radius 3 is 2.62 bits per heavy atom. The lowest BCUT2D eigenvalue weighted by atomic mass is 10.2. The van der Waals surface area contributed by atoms with Crippen molar-refractivity contribution >= 4 is 5.69 Å². The zero-order valence-electron chi connectivity index (χ0n) is 16.7. The molecular formula is C21H19F3N7O+. The summed E-state index contributed by atoms with van der Waals surface area (Å²) in [5.41, 5.74) is 5.17. The Kier molecular flexibility index (Phi) is 4.89. The minimum Gasteiger partial charge on any atom is -0.378 e. The van der Waals surface area contributed by atoms with Crippen LogP contribution in [0.2, 0.25) is 0 Å². The second kappa shape index (κ2) is 7.75. The van der Waals surface area contributed by atoms with Gasteiger partial charge in [-0.15, -0.1) is 10.2 Å². The lowest BCUT2D eigenvalue weighted by Crippen LogP contribution is -2.41. The van der Waals surface area contributed by atoms with Gasteiger partial charge < -0.3 is 14.2 Å². The number of alkyl halides is 3. The topological polar surface area (TPSA) is 84.7 Å². The molecule has 3 heterocycles. The Balaban J connectivity index is 1.31. The van der Waals surface area contributed by atoms with E-state index in [-0.39, 0.29) is 0 Å². The number of halogens is 3. The first kappa shape index (κ1) is 20.2. The molecule has 0 aliphatic heterocycles. The molecule has 1 aliphatic carbocycles. The Morgan fingerprint density at radius 2 is 1.91 bits per heavy atom. The highest BCUT2D eigenvalue weighted by Gasteiger charge is 2.40. The molecule has 0 radical (unpaired) electrons. The van der Waals surface area contributed by atoms with Crippen molar-refractivity contribution in [3.63, 3.8) is 0 Å². The SMILES string of the molecule is OC(c1cn(-c2cc[n+](Nc3cccc(-c4nncn4C4CC4)c3)cc2)cn1)C(F)(F)F. The maximum atomic E-state index is 12.7. The lowest BCUT2D eigenvalue weighted by Gasteiger charge is -2.11. The van der Waals surface area contributed by atoms with Gasteiger partial charge >= 0.3 is 6.18 Å².